The van der Waals surface area contributed by atoms with Gasteiger partial charge in [0.1, 0.15) is 0 Å². The maximum absolute atomic E-state index is 11.5. The molecule has 0 bridgehead atoms. The maximum Gasteiger partial charge on any atom is 0.295 e. The van der Waals surface area contributed by atoms with Crippen LogP contribution in [0.1, 0.15) is 19.4 Å². The maximum atomic E-state index is 11.5. The average molecular weight is 315 g/mol. The van der Waals surface area contributed by atoms with E-state index in [0.717, 1.165) is 23.8 Å². The van der Waals surface area contributed by atoms with Gasteiger partial charge in [-0.1, -0.05) is 32.6 Å². The van der Waals surface area contributed by atoms with E-state index in [0.29, 0.717) is 12.6 Å². The molecule has 1 saturated heterocycles. The number of carbonyl (C=O) groups is 1. The number of thioether (sulfide) groups is 1. The first-order valence-electron chi connectivity index (χ1n) is 7.35. The van der Waals surface area contributed by atoms with Crippen molar-refractivity contribution in [2.24, 2.45) is 4.99 Å². The van der Waals surface area contributed by atoms with Crippen LogP contribution in [0, 0.1) is 0 Å². The third-order valence-electron chi connectivity index (χ3n) is 3.15. The lowest BCUT2D eigenvalue weighted by atomic mass is 10.1. The molecule has 1 aromatic rings. The highest BCUT2D eigenvalue weighted by Crippen LogP contribution is 2.29. The Bertz CT molecular complexity index is 618. The van der Waals surface area contributed by atoms with Crippen LogP contribution < -0.4 is 5.32 Å². The molecular weight excluding hydrogens is 294 g/mol. The van der Waals surface area contributed by atoms with Crippen molar-refractivity contribution in [2.45, 2.75) is 26.3 Å². The van der Waals surface area contributed by atoms with Gasteiger partial charge < -0.3 is 5.32 Å². The van der Waals surface area contributed by atoms with Crippen molar-refractivity contribution in [3.05, 3.63) is 48.2 Å². The van der Waals surface area contributed by atoms with Gasteiger partial charge in [-0.3, -0.25) is 9.69 Å². The fourth-order valence-electron chi connectivity index (χ4n) is 2.02. The number of hydrogen-bond acceptors (Lipinski definition) is 4. The third kappa shape index (κ3) is 4.60. The molecule has 5 heteroatoms. The second-order valence-electron chi connectivity index (χ2n) is 5.31. The number of aliphatic imine (C=N–C) groups is 1. The number of nitrogens with one attached hydrogen (secondary N) is 1. The Morgan fingerprint density at radius 2 is 2.32 bits per heavy atom. The summed E-state index contributed by atoms with van der Waals surface area (Å²) in [6.07, 6.45) is 2.69. The van der Waals surface area contributed by atoms with Crippen LogP contribution in [0.2, 0.25) is 0 Å². The molecule has 0 radical (unpaired) electrons. The minimum Gasteiger partial charge on any atom is -0.314 e. The summed E-state index contributed by atoms with van der Waals surface area (Å²) in [4.78, 5) is 17.7. The van der Waals surface area contributed by atoms with Crippen LogP contribution in [0.4, 0.5) is 10.5 Å². The predicted molar refractivity (Wildman–Crippen MR) is 93.8 cm³/mol. The van der Waals surface area contributed by atoms with Crippen LogP contribution in [0.5, 0.6) is 0 Å². The minimum atomic E-state index is 0.0162. The fraction of sp³-hybridized carbons (Fsp3) is 0.353. The minimum absolute atomic E-state index is 0.0162. The van der Waals surface area contributed by atoms with Crippen molar-refractivity contribution in [1.29, 1.82) is 0 Å². The Balaban J connectivity index is 2.01. The zero-order chi connectivity index (χ0) is 15.9. The molecule has 1 aromatic carbocycles. The number of nitrogens with zero attached hydrogens (tertiary/aromatic N) is 2. The first-order valence-corrected chi connectivity index (χ1v) is 8.16. The van der Waals surface area contributed by atoms with Gasteiger partial charge >= 0.3 is 0 Å². The van der Waals surface area contributed by atoms with Gasteiger partial charge in [0.05, 0.1) is 12.2 Å². The van der Waals surface area contributed by atoms with E-state index in [-0.39, 0.29) is 5.24 Å². The molecule has 0 aliphatic carbocycles. The number of carbonyl (C=O) groups excluding carboxylic acids is 1. The molecule has 0 unspecified atom stereocenters. The largest absolute Gasteiger partial charge is 0.314 e. The van der Waals surface area contributed by atoms with Gasteiger partial charge in [0.25, 0.3) is 5.24 Å². The Morgan fingerprint density at radius 3 is 3.00 bits per heavy atom. The monoisotopic (exact) mass is 315 g/mol. The van der Waals surface area contributed by atoms with E-state index in [1.807, 2.05) is 12.1 Å². The SMILES string of the molecule is C=C=CCN1C(=O)SC1=Nc1cccc(CCNC(C)C)c1. The lowest BCUT2D eigenvalue weighted by Gasteiger charge is -2.29. The third-order valence-corrected chi connectivity index (χ3v) is 4.04. The Hall–Kier alpha value is -1.81. The molecule has 4 nitrogen and oxygen atoms in total. The van der Waals surface area contributed by atoms with Crippen molar-refractivity contribution in [1.82, 2.24) is 10.2 Å². The number of amidine groups is 1. The molecule has 0 saturated carbocycles. The van der Waals surface area contributed by atoms with Crippen molar-refractivity contribution in [3.63, 3.8) is 0 Å². The highest BCUT2D eigenvalue weighted by Gasteiger charge is 2.32. The van der Waals surface area contributed by atoms with Gasteiger partial charge in [-0.15, -0.1) is 5.73 Å². The molecule has 2 rings (SSSR count). The first kappa shape index (κ1) is 16.6. The number of benzene rings is 1. The highest BCUT2D eigenvalue weighted by atomic mass is 32.2. The van der Waals surface area contributed by atoms with E-state index in [2.05, 4.69) is 48.6 Å². The van der Waals surface area contributed by atoms with Gasteiger partial charge in [-0.25, -0.2) is 4.99 Å². The van der Waals surface area contributed by atoms with Crippen LogP contribution in [0.3, 0.4) is 0 Å². The van der Waals surface area contributed by atoms with Gasteiger partial charge in [0, 0.05) is 17.8 Å². The van der Waals surface area contributed by atoms with Crippen LogP contribution in [-0.2, 0) is 6.42 Å². The molecular formula is C17H21N3OS. The van der Waals surface area contributed by atoms with Gasteiger partial charge in [0.15, 0.2) is 5.17 Å². The second kappa shape index (κ2) is 7.99. The Kier molecular flexibility index (Phi) is 6.01. The fourth-order valence-corrected chi connectivity index (χ4v) is 2.73. The highest BCUT2D eigenvalue weighted by molar-refractivity contribution is 8.29. The van der Waals surface area contributed by atoms with E-state index in [1.165, 1.54) is 17.3 Å². The summed E-state index contributed by atoms with van der Waals surface area (Å²) >= 11 is 1.17. The molecule has 0 spiro atoms. The zero-order valence-electron chi connectivity index (χ0n) is 13.0. The summed E-state index contributed by atoms with van der Waals surface area (Å²) in [5, 5.41) is 4.15. The van der Waals surface area contributed by atoms with E-state index < -0.39 is 0 Å². The molecule has 0 aromatic heterocycles. The van der Waals surface area contributed by atoms with Crippen LogP contribution >= 0.6 is 11.8 Å². The topological polar surface area (TPSA) is 44.7 Å². The molecule has 1 aliphatic heterocycles. The van der Waals surface area contributed by atoms with E-state index in [4.69, 9.17) is 0 Å². The van der Waals surface area contributed by atoms with Gasteiger partial charge in [-0.2, -0.15) is 0 Å². The van der Waals surface area contributed by atoms with Crippen LogP contribution in [0.25, 0.3) is 0 Å². The van der Waals surface area contributed by atoms with Crippen LogP contribution in [-0.4, -0.2) is 34.4 Å². The molecule has 22 heavy (non-hydrogen) atoms. The molecule has 1 heterocycles. The summed E-state index contributed by atoms with van der Waals surface area (Å²) in [5.41, 5.74) is 4.79. The van der Waals surface area contributed by atoms with E-state index in [1.54, 1.807) is 11.0 Å². The normalized spacial score (nSPS) is 15.9. The molecule has 1 aliphatic rings. The predicted octanol–water partition coefficient (Wildman–Crippen LogP) is 3.72. The van der Waals surface area contributed by atoms with Crippen molar-refractivity contribution < 1.29 is 4.79 Å². The van der Waals surface area contributed by atoms with E-state index in [9.17, 15) is 4.79 Å². The number of rotatable bonds is 7. The summed E-state index contributed by atoms with van der Waals surface area (Å²) in [6.45, 7) is 9.21. The summed E-state index contributed by atoms with van der Waals surface area (Å²) in [5.74, 6) is 0. The zero-order valence-corrected chi connectivity index (χ0v) is 13.8. The van der Waals surface area contributed by atoms with E-state index >= 15 is 0 Å². The smallest absolute Gasteiger partial charge is 0.295 e. The van der Waals surface area contributed by atoms with Crippen molar-refractivity contribution in [3.8, 4) is 0 Å². The summed E-state index contributed by atoms with van der Waals surface area (Å²) in [7, 11) is 0. The Labute approximate surface area is 136 Å². The number of amides is 1. The van der Waals surface area contributed by atoms with Gasteiger partial charge in [0.2, 0.25) is 0 Å². The first-order chi connectivity index (χ1) is 10.6. The van der Waals surface area contributed by atoms with Crippen LogP contribution in [0.15, 0.2) is 47.6 Å². The molecule has 1 amide bonds. The van der Waals surface area contributed by atoms with Crippen molar-refractivity contribution in [2.75, 3.05) is 13.1 Å². The molecule has 116 valence electrons. The second-order valence-corrected chi connectivity index (χ2v) is 6.23. The summed E-state index contributed by atoms with van der Waals surface area (Å²) in [6, 6.07) is 8.62. The van der Waals surface area contributed by atoms with Gasteiger partial charge in [-0.05, 0) is 36.7 Å². The molecule has 1 N–H and O–H groups in total. The molecule has 1 fully saturated rings. The molecule has 0 atom stereocenters. The van der Waals surface area contributed by atoms with Crippen molar-refractivity contribution >= 4 is 27.9 Å². The quantitative estimate of drug-likeness (QED) is 0.780. The Morgan fingerprint density at radius 1 is 1.50 bits per heavy atom. The average Bonchev–Trinajstić information content (AvgIpc) is 2.47. The standard InChI is InChI=1S/C17H21N3OS/c1-4-5-11-20-16(22-17(20)21)19-15-8-6-7-14(12-15)9-10-18-13(2)3/h5-8,12-13,18H,1,9-11H2,2-3H3. The lowest BCUT2D eigenvalue weighted by Crippen LogP contribution is -2.42. The number of hydrogen-bond donors (Lipinski definition) is 1. The lowest BCUT2D eigenvalue weighted by molar-refractivity contribution is 0.244. The summed E-state index contributed by atoms with van der Waals surface area (Å²) < 4.78 is 0.